The maximum Gasteiger partial charge on any atom is 0.334 e. The fourth-order valence-electron chi connectivity index (χ4n) is 5.18. The first-order chi connectivity index (χ1) is 15.8. The van der Waals surface area contributed by atoms with E-state index in [0.29, 0.717) is 5.41 Å². The summed E-state index contributed by atoms with van der Waals surface area (Å²) in [5.74, 6) is 0. The Morgan fingerprint density at radius 3 is 1.09 bits per heavy atom. The Kier molecular flexibility index (Phi) is 19.2. The van der Waals surface area contributed by atoms with Gasteiger partial charge in [-0.15, -0.1) is 0 Å². The topological polar surface area (TPSA) is 28.2 Å². The van der Waals surface area contributed by atoms with E-state index in [0.717, 1.165) is 45.3 Å². The zero-order chi connectivity index (χ0) is 25.2. The second kappa shape index (κ2) is 19.2. The molecule has 0 saturated heterocycles. The average Bonchev–Trinajstić information content (AvgIpc) is 2.85. The Labute approximate surface area is 209 Å². The van der Waals surface area contributed by atoms with Crippen LogP contribution in [0.25, 0.3) is 0 Å². The largest absolute Gasteiger partial charge is 0.398 e. The van der Waals surface area contributed by atoms with Crippen LogP contribution in [0.3, 0.4) is 0 Å². The van der Waals surface area contributed by atoms with E-state index < -0.39 is 8.56 Å². The Hall–Kier alpha value is 0.0169. The van der Waals surface area contributed by atoms with Gasteiger partial charge in [-0.05, 0) is 122 Å². The van der Waals surface area contributed by atoms with Gasteiger partial charge in [-0.2, -0.15) is 0 Å². The summed E-state index contributed by atoms with van der Waals surface area (Å²) < 4.78 is 11.8. The van der Waals surface area contributed by atoms with Gasteiger partial charge < -0.3 is 23.6 Å². The Morgan fingerprint density at radius 1 is 0.545 bits per heavy atom. The van der Waals surface area contributed by atoms with Gasteiger partial charge in [-0.25, -0.2) is 0 Å². The molecule has 0 atom stereocenters. The molecule has 0 spiro atoms. The summed E-state index contributed by atoms with van der Waals surface area (Å²) in [6.07, 6.45) is 9.14. The van der Waals surface area contributed by atoms with Crippen molar-refractivity contribution in [2.75, 3.05) is 73.1 Å². The molecule has 0 heterocycles. The van der Waals surface area contributed by atoms with E-state index >= 15 is 0 Å². The van der Waals surface area contributed by atoms with Crippen molar-refractivity contribution in [3.8, 4) is 0 Å². The van der Waals surface area contributed by atoms with Gasteiger partial charge in [-0.3, -0.25) is 0 Å². The van der Waals surface area contributed by atoms with Crippen LogP contribution in [0.2, 0.25) is 12.6 Å². The van der Waals surface area contributed by atoms with Crippen LogP contribution in [0.5, 0.6) is 0 Å². The van der Waals surface area contributed by atoms with E-state index in [9.17, 15) is 0 Å². The quantitative estimate of drug-likeness (QED) is 0.163. The van der Waals surface area contributed by atoms with Crippen molar-refractivity contribution in [2.24, 2.45) is 5.41 Å². The third-order valence-electron chi connectivity index (χ3n) is 8.20. The van der Waals surface area contributed by atoms with Gasteiger partial charge in [0.2, 0.25) is 0 Å². The summed E-state index contributed by atoms with van der Waals surface area (Å²) in [6.45, 7) is 26.6. The maximum atomic E-state index is 5.91. The van der Waals surface area contributed by atoms with Gasteiger partial charge >= 0.3 is 8.56 Å². The average molecular weight is 488 g/mol. The van der Waals surface area contributed by atoms with Gasteiger partial charge in [0, 0.05) is 14.2 Å². The maximum absolute atomic E-state index is 5.91. The van der Waals surface area contributed by atoms with Gasteiger partial charge in [0.25, 0.3) is 0 Å². The fourth-order valence-corrected chi connectivity index (χ4v) is 6.74. The van der Waals surface area contributed by atoms with Crippen LogP contribution in [0, 0.1) is 5.41 Å². The van der Waals surface area contributed by atoms with E-state index in [-0.39, 0.29) is 0 Å². The minimum absolute atomic E-state index is 0.402. The van der Waals surface area contributed by atoms with Gasteiger partial charge in [0.15, 0.2) is 0 Å². The molecule has 33 heavy (non-hydrogen) atoms. The van der Waals surface area contributed by atoms with E-state index in [1.54, 1.807) is 0 Å². The molecule has 5 nitrogen and oxygen atoms in total. The smallest absolute Gasteiger partial charge is 0.334 e. The van der Waals surface area contributed by atoms with E-state index in [1.165, 1.54) is 64.6 Å². The second-order valence-electron chi connectivity index (χ2n) is 9.93. The van der Waals surface area contributed by atoms with Crippen molar-refractivity contribution in [3.05, 3.63) is 0 Å². The van der Waals surface area contributed by atoms with E-state index in [2.05, 4.69) is 62.8 Å². The van der Waals surface area contributed by atoms with Crippen LogP contribution in [0.15, 0.2) is 0 Å². The molecule has 0 unspecified atom stereocenters. The monoisotopic (exact) mass is 487 g/mol. The fraction of sp³-hybridized carbons (Fsp3) is 1.00. The van der Waals surface area contributed by atoms with Crippen molar-refractivity contribution in [1.82, 2.24) is 14.7 Å². The summed E-state index contributed by atoms with van der Waals surface area (Å²) in [6, 6.07) is 1.10. The molecule has 0 aromatic heterocycles. The molecule has 0 radical (unpaired) electrons. The van der Waals surface area contributed by atoms with Crippen LogP contribution in [0.1, 0.15) is 86.5 Å². The minimum Gasteiger partial charge on any atom is -0.398 e. The summed E-state index contributed by atoms with van der Waals surface area (Å²) in [4.78, 5) is 7.75. The zero-order valence-electron chi connectivity index (χ0n) is 24.2. The molecule has 0 aliphatic carbocycles. The predicted molar refractivity (Wildman–Crippen MR) is 149 cm³/mol. The van der Waals surface area contributed by atoms with Crippen molar-refractivity contribution < 1.29 is 8.85 Å². The first-order valence-electron chi connectivity index (χ1n) is 14.1. The molecule has 0 saturated carbocycles. The van der Waals surface area contributed by atoms with Crippen molar-refractivity contribution in [3.63, 3.8) is 0 Å². The molecule has 200 valence electrons. The highest BCUT2D eigenvalue weighted by molar-refractivity contribution is 6.65. The van der Waals surface area contributed by atoms with Crippen molar-refractivity contribution in [1.29, 1.82) is 0 Å². The SMILES string of the molecule is CCN(CC)CCCC(CCCN(CC)CC)(CCCN(CC)CC)CC[Si](C)(OC)OC. The number of rotatable bonds is 23. The molecule has 6 heteroatoms. The number of hydrogen-bond donors (Lipinski definition) is 0. The molecule has 0 bridgehead atoms. The lowest BCUT2D eigenvalue weighted by atomic mass is 9.73. The predicted octanol–water partition coefficient (Wildman–Crippen LogP) is 6.09. The molecule has 0 aromatic rings. The highest BCUT2D eigenvalue weighted by atomic mass is 28.4. The van der Waals surface area contributed by atoms with Gasteiger partial charge in [0.1, 0.15) is 0 Å². The van der Waals surface area contributed by atoms with Crippen molar-refractivity contribution in [2.45, 2.75) is 99.1 Å². The molecule has 0 fully saturated rings. The highest BCUT2D eigenvalue weighted by Gasteiger charge is 2.36. The van der Waals surface area contributed by atoms with Crippen LogP contribution >= 0.6 is 0 Å². The molecule has 0 N–H and O–H groups in total. The first kappa shape index (κ1) is 33.0. The van der Waals surface area contributed by atoms with Crippen LogP contribution in [0.4, 0.5) is 0 Å². The number of hydrogen-bond acceptors (Lipinski definition) is 5. The van der Waals surface area contributed by atoms with Gasteiger partial charge in [-0.1, -0.05) is 41.5 Å². The van der Waals surface area contributed by atoms with Crippen LogP contribution in [-0.2, 0) is 8.85 Å². The molecule has 0 aliphatic heterocycles. The molecule has 0 rings (SSSR count). The standard InChI is InChI=1S/C27H61N3O2Si/c1-10-28(11-2)23-16-19-27(20-17-24-29(12-3)13-4,21-18-25-30(14-5)15-6)22-26-33(9,31-7)32-8/h10-26H2,1-9H3. The third kappa shape index (κ3) is 13.6. The van der Waals surface area contributed by atoms with E-state index in [1.807, 2.05) is 14.2 Å². The lowest BCUT2D eigenvalue weighted by Gasteiger charge is -2.38. The lowest BCUT2D eigenvalue weighted by molar-refractivity contribution is 0.150. The summed E-state index contributed by atoms with van der Waals surface area (Å²) in [7, 11) is 1.63. The summed E-state index contributed by atoms with van der Waals surface area (Å²) in [5.41, 5.74) is 0.402. The first-order valence-corrected chi connectivity index (χ1v) is 16.6. The highest BCUT2D eigenvalue weighted by Crippen LogP contribution is 2.42. The summed E-state index contributed by atoms with van der Waals surface area (Å²) in [5, 5.41) is 0. The molecule has 0 aromatic carbocycles. The Morgan fingerprint density at radius 2 is 0.848 bits per heavy atom. The minimum atomic E-state index is -2.06. The summed E-state index contributed by atoms with van der Waals surface area (Å²) >= 11 is 0. The molecule has 0 amide bonds. The molecular weight excluding hydrogens is 426 g/mol. The lowest BCUT2D eigenvalue weighted by Crippen LogP contribution is -2.38. The molecule has 0 aliphatic rings. The van der Waals surface area contributed by atoms with Crippen LogP contribution in [-0.4, -0.2) is 96.4 Å². The van der Waals surface area contributed by atoms with Gasteiger partial charge in [0.05, 0.1) is 0 Å². The second-order valence-corrected chi connectivity index (χ2v) is 13.5. The van der Waals surface area contributed by atoms with E-state index in [4.69, 9.17) is 8.85 Å². The number of nitrogens with zero attached hydrogens (tertiary/aromatic N) is 3. The van der Waals surface area contributed by atoms with Crippen LogP contribution < -0.4 is 0 Å². The third-order valence-corrected chi connectivity index (χ3v) is 11.1. The Bertz CT molecular complexity index is 392. The Balaban J connectivity index is 5.50. The zero-order valence-corrected chi connectivity index (χ0v) is 25.2. The van der Waals surface area contributed by atoms with Crippen molar-refractivity contribution >= 4 is 8.56 Å². The normalized spacial score (nSPS) is 13.1. The molecular formula is C27H61N3O2Si.